The van der Waals surface area contributed by atoms with Gasteiger partial charge in [-0.2, -0.15) is 0 Å². The zero-order valence-electron chi connectivity index (χ0n) is 20.8. The van der Waals surface area contributed by atoms with Crippen LogP contribution >= 0.6 is 0 Å². The highest BCUT2D eigenvalue weighted by atomic mass is 14.4. The first kappa shape index (κ1) is 19.6. The van der Waals surface area contributed by atoms with E-state index in [-0.39, 0.29) is 10.8 Å². The molecule has 35 heavy (non-hydrogen) atoms. The average Bonchev–Trinajstić information content (AvgIpc) is 3.05. The summed E-state index contributed by atoms with van der Waals surface area (Å²) in [5, 5.41) is 5.58. The van der Waals surface area contributed by atoms with Crippen molar-refractivity contribution in [3.63, 3.8) is 0 Å². The zero-order chi connectivity index (χ0) is 23.7. The first-order chi connectivity index (χ1) is 16.9. The summed E-state index contributed by atoms with van der Waals surface area (Å²) >= 11 is 0. The van der Waals surface area contributed by atoms with E-state index >= 15 is 0 Å². The number of benzene rings is 4. The van der Waals surface area contributed by atoms with Crippen molar-refractivity contribution in [3.05, 3.63) is 117 Å². The third-order valence-electron chi connectivity index (χ3n) is 9.26. The molecule has 4 aliphatic carbocycles. The van der Waals surface area contributed by atoms with E-state index in [1.54, 1.807) is 0 Å². The largest absolute Gasteiger partial charge is 0.0619 e. The molecule has 0 aliphatic heterocycles. The predicted molar refractivity (Wildman–Crippen MR) is 148 cm³/mol. The lowest BCUT2D eigenvalue weighted by molar-refractivity contribution is 0.652. The summed E-state index contributed by atoms with van der Waals surface area (Å²) in [7, 11) is 0. The second-order valence-electron chi connectivity index (χ2n) is 11.8. The molecular formula is C35H28. The fraction of sp³-hybridized carbons (Fsp3) is 0.200. The van der Waals surface area contributed by atoms with E-state index in [9.17, 15) is 0 Å². The Labute approximate surface area is 206 Å². The van der Waals surface area contributed by atoms with Crippen molar-refractivity contribution < 1.29 is 0 Å². The molecule has 0 unspecified atom stereocenters. The van der Waals surface area contributed by atoms with Gasteiger partial charge in [-0.25, -0.2) is 0 Å². The lowest BCUT2D eigenvalue weighted by Gasteiger charge is -2.24. The molecule has 0 spiro atoms. The summed E-state index contributed by atoms with van der Waals surface area (Å²) in [6.07, 6.45) is 12.5. The lowest BCUT2D eigenvalue weighted by Crippen LogP contribution is -2.19. The van der Waals surface area contributed by atoms with Gasteiger partial charge in [0.25, 0.3) is 0 Å². The Morgan fingerprint density at radius 1 is 0.657 bits per heavy atom. The summed E-state index contributed by atoms with van der Waals surface area (Å²) in [6, 6.07) is 21.2. The molecule has 8 rings (SSSR count). The maximum absolute atomic E-state index is 2.55. The van der Waals surface area contributed by atoms with Crippen molar-refractivity contribution in [1.29, 1.82) is 0 Å². The van der Waals surface area contributed by atoms with E-state index in [1.807, 2.05) is 0 Å². The van der Waals surface area contributed by atoms with Crippen LogP contribution in [0.3, 0.4) is 0 Å². The minimum atomic E-state index is -0.0410. The third-order valence-corrected chi connectivity index (χ3v) is 9.26. The Kier molecular flexibility index (Phi) is 3.44. The molecule has 0 nitrogen and oxygen atoms in total. The first-order valence-electron chi connectivity index (χ1n) is 12.8. The monoisotopic (exact) mass is 448 g/mol. The molecule has 2 bridgehead atoms. The van der Waals surface area contributed by atoms with Crippen LogP contribution in [-0.2, 0) is 17.3 Å². The molecule has 4 aromatic rings. The topological polar surface area (TPSA) is 0 Å². The summed E-state index contributed by atoms with van der Waals surface area (Å²) in [5.41, 5.74) is 14.4. The normalized spacial score (nSPS) is 18.6. The number of hydrogen-bond acceptors (Lipinski definition) is 0. The van der Waals surface area contributed by atoms with E-state index in [0.717, 1.165) is 6.42 Å². The van der Waals surface area contributed by atoms with Crippen molar-refractivity contribution in [2.24, 2.45) is 0 Å². The van der Waals surface area contributed by atoms with Crippen molar-refractivity contribution in [2.75, 3.05) is 0 Å². The van der Waals surface area contributed by atoms with Gasteiger partial charge >= 0.3 is 0 Å². The third kappa shape index (κ3) is 2.29. The van der Waals surface area contributed by atoms with Gasteiger partial charge in [-0.1, -0.05) is 94.5 Å². The van der Waals surface area contributed by atoms with E-state index < -0.39 is 0 Å². The Morgan fingerprint density at radius 2 is 1.43 bits per heavy atom. The van der Waals surface area contributed by atoms with Crippen molar-refractivity contribution in [1.82, 2.24) is 0 Å². The number of allylic oxidation sites excluding steroid dienone is 4. The standard InChI is InChI=1S/C35H28/c1-34(2)28-11-6-5-10-23(28)26-18-30-27(19-29(26)34)33-24-15-12-20-8-7-9-21-13-14-22(32(24)25(21)16-20)17-31(33)35(30,3)4/h5-15,17-19H,16H2,1-4H3. The van der Waals surface area contributed by atoms with Crippen molar-refractivity contribution >= 4 is 22.9 Å². The van der Waals surface area contributed by atoms with Crippen LogP contribution in [0.5, 0.6) is 0 Å². The average molecular weight is 449 g/mol. The minimum Gasteiger partial charge on any atom is -0.0619 e. The number of hydrogen-bond donors (Lipinski definition) is 0. The Balaban J connectivity index is 1.54. The van der Waals surface area contributed by atoms with Gasteiger partial charge in [0.15, 0.2) is 0 Å². The summed E-state index contributed by atoms with van der Waals surface area (Å²) in [4.78, 5) is 0. The SMILES string of the molecule is CC1(C)c2ccccc2-c2cc3c(cc21)-c1c(cc2ccc4c5c2c1=CC=C(C=CC=4)C5)C3(C)C. The molecule has 0 amide bonds. The maximum atomic E-state index is 2.55. The van der Waals surface area contributed by atoms with Crippen LogP contribution < -0.4 is 10.4 Å². The Morgan fingerprint density at radius 3 is 2.31 bits per heavy atom. The van der Waals surface area contributed by atoms with E-state index in [2.05, 4.69) is 113 Å². The van der Waals surface area contributed by atoms with E-state index in [0.29, 0.717) is 0 Å². The van der Waals surface area contributed by atoms with Gasteiger partial charge in [0.1, 0.15) is 0 Å². The van der Waals surface area contributed by atoms with Gasteiger partial charge in [0, 0.05) is 10.8 Å². The second-order valence-corrected chi connectivity index (χ2v) is 11.8. The van der Waals surface area contributed by atoms with Gasteiger partial charge < -0.3 is 0 Å². The van der Waals surface area contributed by atoms with Crippen molar-refractivity contribution in [3.8, 4) is 22.3 Å². The molecular weight excluding hydrogens is 420 g/mol. The van der Waals surface area contributed by atoms with Crippen LogP contribution in [0.25, 0.3) is 45.2 Å². The van der Waals surface area contributed by atoms with Crippen LogP contribution in [0, 0.1) is 0 Å². The van der Waals surface area contributed by atoms with Crippen LogP contribution in [0.4, 0.5) is 0 Å². The zero-order valence-corrected chi connectivity index (χ0v) is 20.8. The fourth-order valence-corrected chi connectivity index (χ4v) is 7.37. The van der Waals surface area contributed by atoms with Gasteiger partial charge in [0.2, 0.25) is 0 Å². The molecule has 0 N–H and O–H groups in total. The van der Waals surface area contributed by atoms with E-state index in [4.69, 9.17) is 0 Å². The second kappa shape index (κ2) is 6.13. The molecule has 0 saturated carbocycles. The molecule has 0 heterocycles. The highest BCUT2D eigenvalue weighted by Crippen LogP contribution is 2.55. The summed E-state index contributed by atoms with van der Waals surface area (Å²) in [5.74, 6) is 0. The van der Waals surface area contributed by atoms with Crippen LogP contribution in [0.2, 0.25) is 0 Å². The minimum absolute atomic E-state index is 0.00846. The summed E-state index contributed by atoms with van der Waals surface area (Å²) in [6.45, 7) is 9.61. The maximum Gasteiger partial charge on any atom is 0.0159 e. The highest BCUT2D eigenvalue weighted by molar-refractivity contribution is 5.99. The molecule has 0 fully saturated rings. The highest BCUT2D eigenvalue weighted by Gasteiger charge is 2.42. The van der Waals surface area contributed by atoms with Gasteiger partial charge in [0.05, 0.1) is 0 Å². The van der Waals surface area contributed by atoms with Crippen LogP contribution in [-0.4, -0.2) is 0 Å². The number of fused-ring (bicyclic) bond motifs is 8. The number of rotatable bonds is 0. The Bertz CT molecular complexity index is 1850. The molecule has 168 valence electrons. The van der Waals surface area contributed by atoms with Crippen molar-refractivity contribution in [2.45, 2.75) is 44.9 Å². The van der Waals surface area contributed by atoms with Gasteiger partial charge in [-0.3, -0.25) is 0 Å². The van der Waals surface area contributed by atoms with Crippen LogP contribution in [0.1, 0.15) is 55.5 Å². The molecule has 4 aliphatic rings. The molecule has 4 aromatic carbocycles. The van der Waals surface area contributed by atoms with Gasteiger partial charge in [-0.05, 0) is 101 Å². The molecule has 0 radical (unpaired) electrons. The molecule has 0 heteroatoms. The fourth-order valence-electron chi connectivity index (χ4n) is 7.37. The lowest BCUT2D eigenvalue weighted by atomic mass is 9.79. The molecule has 0 aromatic heterocycles. The quantitative estimate of drug-likeness (QED) is 0.270. The molecule has 0 saturated heterocycles. The van der Waals surface area contributed by atoms with E-state index in [1.165, 1.54) is 76.9 Å². The Hall–Kier alpha value is -3.64. The first-order valence-corrected chi connectivity index (χ1v) is 12.8. The molecule has 0 atom stereocenters. The smallest absolute Gasteiger partial charge is 0.0159 e. The summed E-state index contributed by atoms with van der Waals surface area (Å²) < 4.78 is 0. The predicted octanol–water partition coefficient (Wildman–Crippen LogP) is 7.07. The van der Waals surface area contributed by atoms with Gasteiger partial charge in [-0.15, -0.1) is 0 Å². The van der Waals surface area contributed by atoms with Crippen LogP contribution in [0.15, 0.2) is 78.4 Å².